The number of nitrogens with zero attached hydrogens (tertiary/aromatic N) is 2. The van der Waals surface area contributed by atoms with Crippen LogP contribution in [0.4, 0.5) is 5.69 Å². The van der Waals surface area contributed by atoms with Crippen molar-refractivity contribution in [3.63, 3.8) is 0 Å². The lowest BCUT2D eigenvalue weighted by Gasteiger charge is -2.12. The lowest BCUT2D eigenvalue weighted by atomic mass is 9.98. The van der Waals surface area contributed by atoms with E-state index in [2.05, 4.69) is 11.1 Å². The lowest BCUT2D eigenvalue weighted by Crippen LogP contribution is -2.00. The Bertz CT molecular complexity index is 1010. The van der Waals surface area contributed by atoms with Crippen LogP contribution in [0, 0.1) is 11.3 Å². The molecule has 0 spiro atoms. The number of hydrogen-bond donors (Lipinski definition) is 3. The summed E-state index contributed by atoms with van der Waals surface area (Å²) in [5.74, 6) is 0.0964. The van der Waals surface area contributed by atoms with E-state index in [4.69, 9.17) is 5.73 Å². The fourth-order valence-electron chi connectivity index (χ4n) is 2.54. The summed E-state index contributed by atoms with van der Waals surface area (Å²) in [6, 6.07) is 17.6. The number of aliphatic hydroxyl groups is 1. The Morgan fingerprint density at radius 2 is 1.89 bits per heavy atom. The van der Waals surface area contributed by atoms with Gasteiger partial charge in [0.1, 0.15) is 17.9 Å². The summed E-state index contributed by atoms with van der Waals surface area (Å²) in [5, 5.41) is 31.2. The average Bonchev–Trinajstić information content (AvgIpc) is 2.70. The van der Waals surface area contributed by atoms with Gasteiger partial charge < -0.3 is 15.9 Å². The fourth-order valence-corrected chi connectivity index (χ4v) is 3.31. The van der Waals surface area contributed by atoms with E-state index in [-0.39, 0.29) is 5.75 Å². The molecule has 0 aliphatic rings. The number of aliphatic hydroxyl groups excluding tert-OH is 1. The maximum atomic E-state index is 10.6. The number of nitriles is 1. The minimum absolute atomic E-state index is 0.0964. The molecule has 1 aromatic heterocycles. The van der Waals surface area contributed by atoms with Crippen LogP contribution >= 0.6 is 11.8 Å². The molecule has 4 N–H and O–H groups in total. The number of aromatic hydroxyl groups is 1. The van der Waals surface area contributed by atoms with E-state index < -0.39 is 6.10 Å². The number of pyridine rings is 1. The molecule has 27 heavy (non-hydrogen) atoms. The predicted molar refractivity (Wildman–Crippen MR) is 107 cm³/mol. The minimum Gasteiger partial charge on any atom is -0.508 e. The largest absolute Gasteiger partial charge is 0.508 e. The predicted octanol–water partition coefficient (Wildman–Crippen LogP) is 4.11. The Kier molecular flexibility index (Phi) is 5.77. The standard InChI is InChI=1S/C21H17N3O2S/c22-12-17(13-27-20-5-4-18(25)11-19(20)23)15-2-1-3-16(10-15)21(26)14-6-8-24-9-7-14/h1-11,13,21,25-26H,23H2/b17-13+. The first-order valence-electron chi connectivity index (χ1n) is 8.12. The molecule has 134 valence electrons. The van der Waals surface area contributed by atoms with Crippen molar-refractivity contribution in [3.05, 3.63) is 89.1 Å². The second-order valence-corrected chi connectivity index (χ2v) is 6.70. The van der Waals surface area contributed by atoms with E-state index in [0.29, 0.717) is 22.4 Å². The normalized spacial score (nSPS) is 12.4. The molecule has 0 fully saturated rings. The Morgan fingerprint density at radius 3 is 2.59 bits per heavy atom. The van der Waals surface area contributed by atoms with Gasteiger partial charge in [-0.2, -0.15) is 5.26 Å². The Balaban J connectivity index is 1.86. The number of nitrogen functional groups attached to an aromatic ring is 1. The molecule has 3 rings (SSSR count). The number of phenolic OH excluding ortho intramolecular Hbond substituents is 1. The molecule has 0 aliphatic carbocycles. The number of thioether (sulfide) groups is 1. The number of benzene rings is 2. The van der Waals surface area contributed by atoms with Crippen molar-refractivity contribution in [3.8, 4) is 11.8 Å². The summed E-state index contributed by atoms with van der Waals surface area (Å²) in [4.78, 5) is 4.70. The highest BCUT2D eigenvalue weighted by molar-refractivity contribution is 8.02. The van der Waals surface area contributed by atoms with Crippen molar-refractivity contribution >= 4 is 23.0 Å². The van der Waals surface area contributed by atoms with Crippen molar-refractivity contribution in [1.82, 2.24) is 4.98 Å². The van der Waals surface area contributed by atoms with Crippen molar-refractivity contribution in [2.24, 2.45) is 0 Å². The van der Waals surface area contributed by atoms with Crippen LogP contribution in [0.15, 0.2) is 77.3 Å². The highest BCUT2D eigenvalue weighted by atomic mass is 32.2. The van der Waals surface area contributed by atoms with E-state index in [1.807, 2.05) is 12.1 Å². The average molecular weight is 375 g/mol. The number of hydrogen-bond acceptors (Lipinski definition) is 6. The van der Waals surface area contributed by atoms with E-state index in [1.165, 1.54) is 17.8 Å². The maximum absolute atomic E-state index is 10.6. The van der Waals surface area contributed by atoms with Crippen LogP contribution in [0.5, 0.6) is 5.75 Å². The second-order valence-electron chi connectivity index (χ2n) is 5.79. The number of nitrogens with two attached hydrogens (primary N) is 1. The second kappa shape index (κ2) is 8.41. The first-order chi connectivity index (χ1) is 13.1. The van der Waals surface area contributed by atoms with Gasteiger partial charge in [-0.1, -0.05) is 30.0 Å². The van der Waals surface area contributed by atoms with Crippen LogP contribution < -0.4 is 5.73 Å². The van der Waals surface area contributed by atoms with Crippen LogP contribution in [-0.4, -0.2) is 15.2 Å². The Morgan fingerprint density at radius 1 is 1.11 bits per heavy atom. The quantitative estimate of drug-likeness (QED) is 0.352. The SMILES string of the molecule is N#C/C(=C\Sc1ccc(O)cc1N)c1cccc(C(O)c2ccncc2)c1. The van der Waals surface area contributed by atoms with Gasteiger partial charge in [-0.3, -0.25) is 4.98 Å². The van der Waals surface area contributed by atoms with Gasteiger partial charge in [0.15, 0.2) is 0 Å². The lowest BCUT2D eigenvalue weighted by molar-refractivity contribution is 0.220. The van der Waals surface area contributed by atoms with Gasteiger partial charge in [0.25, 0.3) is 0 Å². The van der Waals surface area contributed by atoms with Gasteiger partial charge in [0, 0.05) is 29.0 Å². The molecule has 3 aromatic rings. The zero-order valence-corrected chi connectivity index (χ0v) is 15.1. The smallest absolute Gasteiger partial charge is 0.117 e. The molecule has 1 heterocycles. The van der Waals surface area contributed by atoms with Gasteiger partial charge in [0.05, 0.1) is 5.57 Å². The van der Waals surface area contributed by atoms with Crippen LogP contribution in [0.2, 0.25) is 0 Å². The van der Waals surface area contributed by atoms with Gasteiger partial charge in [-0.25, -0.2) is 0 Å². The number of allylic oxidation sites excluding steroid dienone is 1. The summed E-state index contributed by atoms with van der Waals surface area (Å²) >= 11 is 1.30. The molecule has 0 saturated carbocycles. The fraction of sp³-hybridized carbons (Fsp3) is 0.0476. The Hall–Kier alpha value is -3.27. The van der Waals surface area contributed by atoms with E-state index in [1.54, 1.807) is 54.2 Å². The van der Waals surface area contributed by atoms with Gasteiger partial charge >= 0.3 is 0 Å². The monoisotopic (exact) mass is 375 g/mol. The number of anilines is 1. The zero-order chi connectivity index (χ0) is 19.2. The third-order valence-corrected chi connectivity index (χ3v) is 4.93. The molecule has 0 amide bonds. The summed E-state index contributed by atoms with van der Waals surface area (Å²) < 4.78 is 0. The van der Waals surface area contributed by atoms with Gasteiger partial charge in [0.2, 0.25) is 0 Å². The van der Waals surface area contributed by atoms with Gasteiger partial charge in [-0.05, 0) is 52.4 Å². The van der Waals surface area contributed by atoms with E-state index in [0.717, 1.165) is 10.5 Å². The molecule has 0 aliphatic heterocycles. The van der Waals surface area contributed by atoms with E-state index in [9.17, 15) is 15.5 Å². The van der Waals surface area contributed by atoms with Crippen LogP contribution in [0.25, 0.3) is 5.57 Å². The van der Waals surface area contributed by atoms with Crippen LogP contribution in [-0.2, 0) is 0 Å². The number of rotatable bonds is 5. The molecule has 1 atom stereocenters. The van der Waals surface area contributed by atoms with E-state index >= 15 is 0 Å². The third-order valence-electron chi connectivity index (χ3n) is 3.95. The zero-order valence-electron chi connectivity index (χ0n) is 14.3. The molecule has 5 nitrogen and oxygen atoms in total. The molecular formula is C21H17N3O2S. The van der Waals surface area contributed by atoms with Crippen molar-refractivity contribution in [2.75, 3.05) is 5.73 Å². The van der Waals surface area contributed by atoms with Crippen molar-refractivity contribution in [2.45, 2.75) is 11.0 Å². The summed E-state index contributed by atoms with van der Waals surface area (Å²) in [6.45, 7) is 0. The molecule has 2 aromatic carbocycles. The molecule has 0 bridgehead atoms. The molecule has 6 heteroatoms. The first kappa shape index (κ1) is 18.5. The summed E-state index contributed by atoms with van der Waals surface area (Å²) in [6.07, 6.45) is 2.46. The topological polar surface area (TPSA) is 103 Å². The third kappa shape index (κ3) is 4.47. The van der Waals surface area contributed by atoms with Crippen molar-refractivity contribution < 1.29 is 10.2 Å². The molecule has 1 unspecified atom stereocenters. The highest BCUT2D eigenvalue weighted by Gasteiger charge is 2.12. The minimum atomic E-state index is -0.798. The highest BCUT2D eigenvalue weighted by Crippen LogP contribution is 2.32. The molecule has 0 saturated heterocycles. The first-order valence-corrected chi connectivity index (χ1v) is 9.00. The van der Waals surface area contributed by atoms with Crippen LogP contribution in [0.1, 0.15) is 22.8 Å². The molecule has 0 radical (unpaired) electrons. The van der Waals surface area contributed by atoms with Crippen molar-refractivity contribution in [1.29, 1.82) is 5.26 Å². The summed E-state index contributed by atoms with van der Waals surface area (Å²) in [7, 11) is 0. The molecular weight excluding hydrogens is 358 g/mol. The summed E-state index contributed by atoms with van der Waals surface area (Å²) in [5.41, 5.74) is 8.90. The number of phenols is 1. The van der Waals surface area contributed by atoms with Gasteiger partial charge in [-0.15, -0.1) is 0 Å². The Labute approximate surface area is 161 Å². The van der Waals surface area contributed by atoms with Crippen LogP contribution in [0.3, 0.4) is 0 Å². The maximum Gasteiger partial charge on any atom is 0.117 e. The number of aromatic nitrogens is 1.